The van der Waals surface area contributed by atoms with Crippen molar-refractivity contribution in [3.63, 3.8) is 0 Å². The molecule has 2 aliphatic heterocycles. The third-order valence-corrected chi connectivity index (χ3v) is 5.58. The predicted octanol–water partition coefficient (Wildman–Crippen LogP) is 2.65. The van der Waals surface area contributed by atoms with Crippen molar-refractivity contribution in [1.29, 1.82) is 0 Å². The van der Waals surface area contributed by atoms with Crippen LogP contribution in [0.2, 0.25) is 0 Å². The Balaban J connectivity index is 1.44. The van der Waals surface area contributed by atoms with E-state index >= 15 is 0 Å². The summed E-state index contributed by atoms with van der Waals surface area (Å²) >= 11 is 1.65. The Morgan fingerprint density at radius 2 is 2.13 bits per heavy atom. The first-order valence-corrected chi connectivity index (χ1v) is 9.09. The fraction of sp³-hybridized carbons (Fsp3) is 0.471. The third kappa shape index (κ3) is 2.95. The van der Waals surface area contributed by atoms with E-state index < -0.39 is 0 Å². The number of amides is 1. The van der Waals surface area contributed by atoms with Gasteiger partial charge in [-0.05, 0) is 31.4 Å². The number of aromatic nitrogens is 2. The van der Waals surface area contributed by atoms with Crippen LogP contribution in [0.3, 0.4) is 0 Å². The van der Waals surface area contributed by atoms with Crippen molar-refractivity contribution >= 4 is 22.4 Å². The molecule has 6 heteroatoms. The van der Waals surface area contributed by atoms with Crippen LogP contribution in [0.5, 0.6) is 0 Å². The summed E-state index contributed by atoms with van der Waals surface area (Å²) in [4.78, 5) is 25.7. The molecule has 120 valence electrons. The van der Waals surface area contributed by atoms with Crippen LogP contribution in [0.25, 0.3) is 11.3 Å². The minimum atomic E-state index is 0.138. The van der Waals surface area contributed by atoms with E-state index in [9.17, 15) is 4.79 Å². The minimum Gasteiger partial charge on any atom is -0.347 e. The summed E-state index contributed by atoms with van der Waals surface area (Å²) in [5, 5.41) is 3.09. The van der Waals surface area contributed by atoms with Crippen molar-refractivity contribution in [3.05, 3.63) is 29.9 Å². The van der Waals surface area contributed by atoms with E-state index in [2.05, 4.69) is 15.3 Å². The second-order valence-electron chi connectivity index (χ2n) is 6.22. The molecule has 4 heterocycles. The zero-order chi connectivity index (χ0) is 15.6. The first-order valence-electron chi connectivity index (χ1n) is 8.21. The zero-order valence-electron chi connectivity index (χ0n) is 13.0. The van der Waals surface area contributed by atoms with Crippen molar-refractivity contribution in [2.75, 3.05) is 31.1 Å². The predicted molar refractivity (Wildman–Crippen MR) is 91.5 cm³/mol. The van der Waals surface area contributed by atoms with Crippen LogP contribution in [-0.4, -0.2) is 47.0 Å². The molecular weight excluding hydrogens is 308 g/mol. The molecule has 0 bridgehead atoms. The van der Waals surface area contributed by atoms with Gasteiger partial charge in [-0.25, -0.2) is 4.98 Å². The van der Waals surface area contributed by atoms with Crippen molar-refractivity contribution in [2.24, 2.45) is 5.92 Å². The summed E-state index contributed by atoms with van der Waals surface area (Å²) in [5.74, 6) is 0.480. The number of carbonyl (C=O) groups is 1. The van der Waals surface area contributed by atoms with Crippen LogP contribution < -0.4 is 4.90 Å². The fourth-order valence-corrected chi connectivity index (χ4v) is 4.26. The van der Waals surface area contributed by atoms with Gasteiger partial charge < -0.3 is 9.80 Å². The highest BCUT2D eigenvalue weighted by Crippen LogP contribution is 2.31. The molecule has 0 spiro atoms. The standard InChI is InChI=1S/C17H20N4OS/c22-16(20-7-1-2-8-20)14-5-9-21(11-14)17-19-15(12-23-17)13-4-3-6-18-10-13/h3-4,6,10,12,14H,1-2,5,7-9,11H2. The van der Waals surface area contributed by atoms with E-state index in [4.69, 9.17) is 4.98 Å². The van der Waals surface area contributed by atoms with Crippen molar-refractivity contribution in [3.8, 4) is 11.3 Å². The Kier molecular flexibility index (Phi) is 3.99. The topological polar surface area (TPSA) is 49.3 Å². The number of rotatable bonds is 3. The second-order valence-corrected chi connectivity index (χ2v) is 7.06. The molecule has 0 radical (unpaired) electrons. The lowest BCUT2D eigenvalue weighted by Crippen LogP contribution is -2.35. The van der Waals surface area contributed by atoms with Gasteiger partial charge in [-0.15, -0.1) is 11.3 Å². The van der Waals surface area contributed by atoms with Crippen LogP contribution in [0.1, 0.15) is 19.3 Å². The maximum absolute atomic E-state index is 12.5. The SMILES string of the molecule is O=C(C1CCN(c2nc(-c3cccnc3)cs2)C1)N1CCCC1. The van der Waals surface area contributed by atoms with Crippen molar-refractivity contribution in [1.82, 2.24) is 14.9 Å². The number of thiazole rings is 1. The molecule has 2 aromatic heterocycles. The van der Waals surface area contributed by atoms with E-state index in [0.717, 1.165) is 61.8 Å². The van der Waals surface area contributed by atoms with Gasteiger partial charge in [0.25, 0.3) is 0 Å². The molecule has 2 aromatic rings. The number of carbonyl (C=O) groups excluding carboxylic acids is 1. The quantitative estimate of drug-likeness (QED) is 0.869. The fourth-order valence-electron chi connectivity index (χ4n) is 3.39. The molecule has 2 aliphatic rings. The molecule has 2 saturated heterocycles. The molecule has 1 atom stereocenters. The number of pyridine rings is 1. The minimum absolute atomic E-state index is 0.138. The molecule has 1 unspecified atom stereocenters. The second kappa shape index (κ2) is 6.28. The molecule has 0 aliphatic carbocycles. The summed E-state index contributed by atoms with van der Waals surface area (Å²) in [6, 6.07) is 3.95. The summed E-state index contributed by atoms with van der Waals surface area (Å²) in [6.45, 7) is 3.61. The number of hydrogen-bond acceptors (Lipinski definition) is 5. The molecule has 4 rings (SSSR count). The lowest BCUT2D eigenvalue weighted by Gasteiger charge is -2.20. The van der Waals surface area contributed by atoms with Crippen LogP contribution in [0, 0.1) is 5.92 Å². The number of hydrogen-bond donors (Lipinski definition) is 0. The summed E-state index contributed by atoms with van der Waals surface area (Å²) in [6.07, 6.45) is 6.86. The first kappa shape index (κ1) is 14.6. The Bertz CT molecular complexity index is 681. The molecule has 0 aromatic carbocycles. The van der Waals surface area contributed by atoms with Crippen LogP contribution in [0.4, 0.5) is 5.13 Å². The lowest BCUT2D eigenvalue weighted by molar-refractivity contribution is -0.133. The lowest BCUT2D eigenvalue weighted by atomic mass is 10.1. The summed E-state index contributed by atoms with van der Waals surface area (Å²) in [5.41, 5.74) is 2.01. The van der Waals surface area contributed by atoms with Gasteiger partial charge >= 0.3 is 0 Å². The number of likely N-dealkylation sites (tertiary alicyclic amines) is 1. The summed E-state index contributed by atoms with van der Waals surface area (Å²) in [7, 11) is 0. The zero-order valence-corrected chi connectivity index (χ0v) is 13.8. The molecule has 5 nitrogen and oxygen atoms in total. The molecule has 2 fully saturated rings. The monoisotopic (exact) mass is 328 g/mol. The van der Waals surface area contributed by atoms with Gasteiger partial charge in [-0.1, -0.05) is 0 Å². The van der Waals surface area contributed by atoms with E-state index in [-0.39, 0.29) is 5.92 Å². The smallest absolute Gasteiger partial charge is 0.227 e. The van der Waals surface area contributed by atoms with E-state index in [1.165, 1.54) is 0 Å². The van der Waals surface area contributed by atoms with Crippen molar-refractivity contribution in [2.45, 2.75) is 19.3 Å². The molecule has 1 amide bonds. The summed E-state index contributed by atoms with van der Waals surface area (Å²) < 4.78 is 0. The average Bonchev–Trinajstić information content (AvgIpc) is 3.35. The van der Waals surface area contributed by atoms with Gasteiger partial charge in [0.15, 0.2) is 5.13 Å². The van der Waals surface area contributed by atoms with E-state index in [0.29, 0.717) is 5.91 Å². The maximum Gasteiger partial charge on any atom is 0.227 e. The Labute approximate surface area is 140 Å². The van der Waals surface area contributed by atoms with Gasteiger partial charge in [0, 0.05) is 49.5 Å². The van der Waals surface area contributed by atoms with Crippen molar-refractivity contribution < 1.29 is 4.79 Å². The Morgan fingerprint density at radius 3 is 2.91 bits per heavy atom. The Morgan fingerprint density at radius 1 is 1.26 bits per heavy atom. The van der Waals surface area contributed by atoms with E-state index in [1.54, 1.807) is 17.5 Å². The van der Waals surface area contributed by atoms with Gasteiger partial charge in [0.1, 0.15) is 0 Å². The third-order valence-electron chi connectivity index (χ3n) is 4.68. The normalized spacial score (nSPS) is 21.1. The number of anilines is 1. The van der Waals surface area contributed by atoms with Gasteiger partial charge in [0.2, 0.25) is 5.91 Å². The molecular formula is C17H20N4OS. The van der Waals surface area contributed by atoms with Crippen LogP contribution in [-0.2, 0) is 4.79 Å². The number of nitrogens with zero attached hydrogens (tertiary/aromatic N) is 4. The van der Waals surface area contributed by atoms with Gasteiger partial charge in [-0.3, -0.25) is 9.78 Å². The van der Waals surface area contributed by atoms with Crippen LogP contribution in [0.15, 0.2) is 29.9 Å². The first-order chi connectivity index (χ1) is 11.3. The molecule has 23 heavy (non-hydrogen) atoms. The van der Waals surface area contributed by atoms with Crippen LogP contribution >= 0.6 is 11.3 Å². The van der Waals surface area contributed by atoms with Gasteiger partial charge in [-0.2, -0.15) is 0 Å². The van der Waals surface area contributed by atoms with Gasteiger partial charge in [0.05, 0.1) is 11.6 Å². The average molecular weight is 328 g/mol. The molecule has 0 saturated carbocycles. The maximum atomic E-state index is 12.5. The highest BCUT2D eigenvalue weighted by molar-refractivity contribution is 7.14. The Hall–Kier alpha value is -1.95. The van der Waals surface area contributed by atoms with E-state index in [1.807, 2.05) is 23.2 Å². The highest BCUT2D eigenvalue weighted by Gasteiger charge is 2.33. The molecule has 0 N–H and O–H groups in total. The highest BCUT2D eigenvalue weighted by atomic mass is 32.1. The largest absolute Gasteiger partial charge is 0.347 e.